The number of sulfonamides is 1. The summed E-state index contributed by atoms with van der Waals surface area (Å²) in [5.74, 6) is -0.949. The van der Waals surface area contributed by atoms with Crippen molar-refractivity contribution in [3.8, 4) is 5.75 Å². The second-order valence-electron chi connectivity index (χ2n) is 9.09. The molecule has 41 heavy (non-hydrogen) atoms. The van der Waals surface area contributed by atoms with E-state index < -0.39 is 27.8 Å². The van der Waals surface area contributed by atoms with Gasteiger partial charge in [0.05, 0.1) is 4.90 Å². The van der Waals surface area contributed by atoms with Crippen molar-refractivity contribution in [1.29, 1.82) is 0 Å². The van der Waals surface area contributed by atoms with E-state index in [0.29, 0.717) is 12.1 Å². The van der Waals surface area contributed by atoms with Gasteiger partial charge in [0.15, 0.2) is 6.61 Å². The lowest BCUT2D eigenvalue weighted by Crippen LogP contribution is -2.45. The number of hydrogen-bond acceptors (Lipinski definition) is 5. The number of ether oxygens (including phenoxy) is 1. The zero-order valence-electron chi connectivity index (χ0n) is 22.4. The Kier molecular flexibility index (Phi) is 9.70. The second-order valence-corrected chi connectivity index (χ2v) is 10.8. The van der Waals surface area contributed by atoms with Gasteiger partial charge in [-0.1, -0.05) is 60.7 Å². The van der Waals surface area contributed by atoms with Crippen LogP contribution in [0.3, 0.4) is 0 Å². The Morgan fingerprint density at radius 2 is 1.46 bits per heavy atom. The molecule has 4 rings (SSSR count). The molecule has 0 saturated carbocycles. The number of nitrogens with zero attached hydrogens (tertiary/aromatic N) is 1. The molecule has 2 amide bonds. The van der Waals surface area contributed by atoms with Crippen LogP contribution in [-0.2, 0) is 26.2 Å². The summed E-state index contributed by atoms with van der Waals surface area (Å²) in [6.45, 7) is 2.00. The van der Waals surface area contributed by atoms with E-state index in [0.717, 1.165) is 17.7 Å². The number of carbonyl (C=O) groups is 2. The summed E-state index contributed by atoms with van der Waals surface area (Å²) in [4.78, 5) is 28.2. The Morgan fingerprint density at radius 1 is 0.854 bits per heavy atom. The minimum absolute atomic E-state index is 0.0356. The topological polar surface area (TPSA) is 105 Å². The fraction of sp³-hybridized carbons (Fsp3) is 0.161. The Morgan fingerprint density at radius 3 is 2.07 bits per heavy atom. The predicted octanol–water partition coefficient (Wildman–Crippen LogP) is 4.91. The monoisotopic (exact) mass is 575 g/mol. The van der Waals surface area contributed by atoms with Crippen molar-refractivity contribution in [2.24, 2.45) is 0 Å². The molecule has 1 unspecified atom stereocenters. The van der Waals surface area contributed by atoms with Crippen LogP contribution < -0.4 is 14.8 Å². The van der Waals surface area contributed by atoms with Crippen molar-refractivity contribution < 1.29 is 27.1 Å². The Hall–Kier alpha value is -4.70. The van der Waals surface area contributed by atoms with Crippen LogP contribution in [0.1, 0.15) is 24.1 Å². The summed E-state index contributed by atoms with van der Waals surface area (Å²) < 4.78 is 46.7. The molecular formula is C31H30FN3O5S. The minimum atomic E-state index is -3.93. The van der Waals surface area contributed by atoms with Gasteiger partial charge in [-0.15, -0.1) is 0 Å². The van der Waals surface area contributed by atoms with Gasteiger partial charge in [-0.25, -0.2) is 12.8 Å². The van der Waals surface area contributed by atoms with E-state index in [2.05, 4.69) is 10.0 Å². The SMILES string of the molecule is CCNC(=O)C(c1ccccc1)N(Cc1ccccc1)C(=O)COc1ccc(S(=O)(=O)Nc2ccc(F)cc2)cc1. The lowest BCUT2D eigenvalue weighted by Gasteiger charge is -2.31. The number of carbonyl (C=O) groups excluding carboxylic acids is 2. The Bertz CT molecular complexity index is 1550. The molecule has 0 aromatic heterocycles. The number of halogens is 1. The molecule has 0 saturated heterocycles. The van der Waals surface area contributed by atoms with Crippen molar-refractivity contribution >= 4 is 27.5 Å². The van der Waals surface area contributed by atoms with Gasteiger partial charge in [0.25, 0.3) is 15.9 Å². The third kappa shape index (κ3) is 7.92. The first-order valence-corrected chi connectivity index (χ1v) is 14.4. The van der Waals surface area contributed by atoms with Gasteiger partial charge in [0.1, 0.15) is 17.6 Å². The van der Waals surface area contributed by atoms with Crippen LogP contribution in [0.15, 0.2) is 114 Å². The van der Waals surface area contributed by atoms with Crippen LogP contribution in [0.4, 0.5) is 10.1 Å². The highest BCUT2D eigenvalue weighted by Gasteiger charge is 2.31. The van der Waals surface area contributed by atoms with Gasteiger partial charge in [0, 0.05) is 18.8 Å². The highest BCUT2D eigenvalue weighted by molar-refractivity contribution is 7.92. The molecular weight excluding hydrogens is 545 g/mol. The maximum absolute atomic E-state index is 13.6. The molecule has 4 aromatic carbocycles. The normalized spacial score (nSPS) is 11.8. The number of nitrogens with one attached hydrogen (secondary N) is 2. The Labute approximate surface area is 238 Å². The molecule has 0 aliphatic carbocycles. The molecule has 0 bridgehead atoms. The van der Waals surface area contributed by atoms with Crippen LogP contribution in [0.2, 0.25) is 0 Å². The van der Waals surface area contributed by atoms with Crippen LogP contribution in [-0.4, -0.2) is 38.3 Å². The fourth-order valence-corrected chi connectivity index (χ4v) is 5.22. The average Bonchev–Trinajstić information content (AvgIpc) is 2.98. The van der Waals surface area contributed by atoms with Crippen LogP contribution >= 0.6 is 0 Å². The van der Waals surface area contributed by atoms with Crippen molar-refractivity contribution in [3.63, 3.8) is 0 Å². The van der Waals surface area contributed by atoms with E-state index in [1.807, 2.05) is 55.5 Å². The lowest BCUT2D eigenvalue weighted by atomic mass is 10.0. The lowest BCUT2D eigenvalue weighted by molar-refractivity contribution is -0.143. The van der Waals surface area contributed by atoms with Crippen molar-refractivity contribution in [2.75, 3.05) is 17.9 Å². The molecule has 0 aliphatic heterocycles. The number of likely N-dealkylation sites (N-methyl/N-ethyl adjacent to an activating group) is 1. The summed E-state index contributed by atoms with van der Waals surface area (Å²) in [6, 6.07) is 28.0. The number of amides is 2. The van der Waals surface area contributed by atoms with Crippen molar-refractivity contribution in [1.82, 2.24) is 10.2 Å². The molecule has 8 nitrogen and oxygen atoms in total. The van der Waals surface area contributed by atoms with E-state index in [1.165, 1.54) is 41.3 Å². The molecule has 4 aromatic rings. The second kappa shape index (κ2) is 13.6. The van der Waals surface area contributed by atoms with E-state index >= 15 is 0 Å². The average molecular weight is 576 g/mol. The first-order chi connectivity index (χ1) is 19.8. The Balaban J connectivity index is 1.51. The largest absolute Gasteiger partial charge is 0.484 e. The van der Waals surface area contributed by atoms with Gasteiger partial charge in [-0.05, 0) is 66.6 Å². The molecule has 0 fully saturated rings. The maximum atomic E-state index is 13.6. The predicted molar refractivity (Wildman–Crippen MR) is 154 cm³/mol. The number of rotatable bonds is 12. The number of hydrogen-bond donors (Lipinski definition) is 2. The molecule has 10 heteroatoms. The van der Waals surface area contributed by atoms with Gasteiger partial charge >= 0.3 is 0 Å². The molecule has 212 valence electrons. The van der Waals surface area contributed by atoms with E-state index in [1.54, 1.807) is 12.1 Å². The number of benzene rings is 4. The van der Waals surface area contributed by atoms with Gasteiger partial charge in [0.2, 0.25) is 5.91 Å². The maximum Gasteiger partial charge on any atom is 0.261 e. The van der Waals surface area contributed by atoms with Gasteiger partial charge in [-0.2, -0.15) is 0 Å². The molecule has 0 aliphatic rings. The van der Waals surface area contributed by atoms with Crippen LogP contribution in [0.5, 0.6) is 5.75 Å². The molecule has 0 radical (unpaired) electrons. The molecule has 2 N–H and O–H groups in total. The molecule has 0 heterocycles. The van der Waals surface area contributed by atoms with Gasteiger partial charge < -0.3 is 15.0 Å². The van der Waals surface area contributed by atoms with Crippen LogP contribution in [0.25, 0.3) is 0 Å². The minimum Gasteiger partial charge on any atom is -0.484 e. The smallest absolute Gasteiger partial charge is 0.261 e. The molecule has 1 atom stereocenters. The van der Waals surface area contributed by atoms with E-state index in [4.69, 9.17) is 4.74 Å². The summed E-state index contributed by atoms with van der Waals surface area (Å²) in [5, 5.41) is 2.82. The third-order valence-electron chi connectivity index (χ3n) is 6.14. The van der Waals surface area contributed by atoms with Crippen molar-refractivity contribution in [3.05, 3.63) is 126 Å². The van der Waals surface area contributed by atoms with Crippen molar-refractivity contribution in [2.45, 2.75) is 24.4 Å². The standard InChI is InChI=1S/C31H30FN3O5S/c1-2-33-31(37)30(24-11-7-4-8-12-24)35(21-23-9-5-3-6-10-23)29(36)22-40-27-17-19-28(20-18-27)41(38,39)34-26-15-13-25(32)14-16-26/h3-20,30,34H,2,21-22H2,1H3,(H,33,37). The zero-order valence-corrected chi connectivity index (χ0v) is 23.2. The highest BCUT2D eigenvalue weighted by Crippen LogP contribution is 2.25. The summed E-state index contributed by atoms with van der Waals surface area (Å²) in [7, 11) is -3.93. The summed E-state index contributed by atoms with van der Waals surface area (Å²) >= 11 is 0. The quantitative estimate of drug-likeness (QED) is 0.250. The first-order valence-electron chi connectivity index (χ1n) is 12.9. The third-order valence-corrected chi connectivity index (χ3v) is 7.53. The van der Waals surface area contributed by atoms with Crippen LogP contribution in [0, 0.1) is 5.82 Å². The zero-order chi connectivity index (χ0) is 29.2. The van der Waals surface area contributed by atoms with E-state index in [-0.39, 0.29) is 35.4 Å². The van der Waals surface area contributed by atoms with Gasteiger partial charge in [-0.3, -0.25) is 14.3 Å². The first kappa shape index (κ1) is 29.3. The summed E-state index contributed by atoms with van der Waals surface area (Å²) in [6.07, 6.45) is 0. The fourth-order valence-electron chi connectivity index (χ4n) is 4.16. The number of anilines is 1. The van der Waals surface area contributed by atoms with E-state index in [9.17, 15) is 22.4 Å². The summed E-state index contributed by atoms with van der Waals surface area (Å²) in [5.41, 5.74) is 1.72. The highest BCUT2D eigenvalue weighted by atomic mass is 32.2. The molecule has 0 spiro atoms.